The van der Waals surface area contributed by atoms with Gasteiger partial charge in [-0.25, -0.2) is 4.39 Å². The summed E-state index contributed by atoms with van der Waals surface area (Å²) in [4.78, 5) is 11.6. The molecule has 0 aliphatic carbocycles. The molecular formula is C15H23BrClFN2O. The summed E-state index contributed by atoms with van der Waals surface area (Å²) in [6.07, 6.45) is 5.35. The lowest BCUT2D eigenvalue weighted by atomic mass is 10.1. The van der Waals surface area contributed by atoms with Crippen LogP contribution < -0.4 is 11.1 Å². The van der Waals surface area contributed by atoms with Crippen LogP contribution in [0.1, 0.15) is 37.7 Å². The number of halogens is 3. The highest BCUT2D eigenvalue weighted by atomic mass is 79.9. The van der Waals surface area contributed by atoms with Crippen molar-refractivity contribution in [3.05, 3.63) is 34.1 Å². The molecule has 0 saturated carbocycles. The Morgan fingerprint density at radius 3 is 2.62 bits per heavy atom. The molecule has 0 heterocycles. The second kappa shape index (κ2) is 12.0. The third kappa shape index (κ3) is 9.06. The van der Waals surface area contributed by atoms with E-state index in [1.54, 1.807) is 12.1 Å². The van der Waals surface area contributed by atoms with Gasteiger partial charge in [-0.05, 0) is 59.4 Å². The van der Waals surface area contributed by atoms with Crippen molar-refractivity contribution in [3.63, 3.8) is 0 Å². The summed E-state index contributed by atoms with van der Waals surface area (Å²) >= 11 is 3.15. The number of carbonyl (C=O) groups is 1. The molecule has 1 aromatic carbocycles. The molecule has 0 saturated heterocycles. The zero-order valence-electron chi connectivity index (χ0n) is 12.0. The summed E-state index contributed by atoms with van der Waals surface area (Å²) in [5, 5.41) is 2.88. The van der Waals surface area contributed by atoms with Crippen LogP contribution in [0, 0.1) is 5.82 Å². The summed E-state index contributed by atoms with van der Waals surface area (Å²) in [5.74, 6) is -0.186. The molecule has 0 spiro atoms. The Hall–Kier alpha value is -0.650. The Morgan fingerprint density at radius 2 is 1.95 bits per heavy atom. The first-order chi connectivity index (χ1) is 9.63. The van der Waals surface area contributed by atoms with Gasteiger partial charge in [0.1, 0.15) is 5.82 Å². The van der Waals surface area contributed by atoms with Crippen LogP contribution in [0.2, 0.25) is 0 Å². The maximum atomic E-state index is 13.1. The van der Waals surface area contributed by atoms with E-state index in [0.29, 0.717) is 23.9 Å². The zero-order chi connectivity index (χ0) is 14.8. The minimum atomic E-state index is -0.268. The van der Waals surface area contributed by atoms with E-state index < -0.39 is 0 Å². The molecule has 120 valence electrons. The lowest BCUT2D eigenvalue weighted by Gasteiger charge is -2.06. The maximum Gasteiger partial charge on any atom is 0.220 e. The Balaban J connectivity index is 0.00000400. The molecule has 0 aliphatic rings. The third-order valence-corrected chi connectivity index (χ3v) is 3.69. The molecule has 1 aromatic rings. The predicted octanol–water partition coefficient (Wildman–Crippen LogP) is 3.58. The van der Waals surface area contributed by atoms with Crippen LogP contribution >= 0.6 is 28.3 Å². The highest BCUT2D eigenvalue weighted by Gasteiger charge is 2.03. The highest BCUT2D eigenvalue weighted by Crippen LogP contribution is 2.16. The Kier molecular flexibility index (Phi) is 11.6. The first-order valence-electron chi connectivity index (χ1n) is 7.04. The second-order valence-electron chi connectivity index (χ2n) is 4.80. The largest absolute Gasteiger partial charge is 0.356 e. The Labute approximate surface area is 140 Å². The maximum absolute atomic E-state index is 13.1. The van der Waals surface area contributed by atoms with E-state index in [1.807, 2.05) is 0 Å². The van der Waals surface area contributed by atoms with Gasteiger partial charge in [0, 0.05) is 13.0 Å². The van der Waals surface area contributed by atoms with Gasteiger partial charge in [-0.1, -0.05) is 18.9 Å². The lowest BCUT2D eigenvalue weighted by Crippen LogP contribution is -2.25. The molecule has 0 aromatic heterocycles. The van der Waals surface area contributed by atoms with Crippen molar-refractivity contribution in [3.8, 4) is 0 Å². The van der Waals surface area contributed by atoms with E-state index in [1.165, 1.54) is 6.07 Å². The van der Waals surface area contributed by atoms with Crippen molar-refractivity contribution >= 4 is 34.2 Å². The molecule has 0 aliphatic heterocycles. The minimum absolute atomic E-state index is 0. The highest BCUT2D eigenvalue weighted by molar-refractivity contribution is 9.10. The topological polar surface area (TPSA) is 55.1 Å². The number of rotatable bonds is 9. The molecule has 0 radical (unpaired) electrons. The van der Waals surface area contributed by atoms with Crippen molar-refractivity contribution in [1.82, 2.24) is 5.32 Å². The van der Waals surface area contributed by atoms with Gasteiger partial charge in [-0.2, -0.15) is 0 Å². The summed E-state index contributed by atoms with van der Waals surface area (Å²) in [6.45, 7) is 1.30. The van der Waals surface area contributed by atoms with E-state index in [-0.39, 0.29) is 24.1 Å². The molecule has 0 bridgehead atoms. The van der Waals surface area contributed by atoms with Crippen LogP contribution in [-0.4, -0.2) is 19.0 Å². The van der Waals surface area contributed by atoms with Gasteiger partial charge in [0.15, 0.2) is 0 Å². The summed E-state index contributed by atoms with van der Waals surface area (Å²) < 4.78 is 13.5. The fourth-order valence-corrected chi connectivity index (χ4v) is 2.34. The van der Waals surface area contributed by atoms with Crippen molar-refractivity contribution in [2.45, 2.75) is 38.5 Å². The van der Waals surface area contributed by atoms with Gasteiger partial charge in [0.2, 0.25) is 5.91 Å². The van der Waals surface area contributed by atoms with E-state index in [2.05, 4.69) is 21.2 Å². The first kappa shape index (κ1) is 20.3. The number of benzene rings is 1. The van der Waals surface area contributed by atoms with Crippen LogP contribution in [0.25, 0.3) is 0 Å². The van der Waals surface area contributed by atoms with Gasteiger partial charge in [0.25, 0.3) is 0 Å². The van der Waals surface area contributed by atoms with Crippen LogP contribution in [-0.2, 0) is 11.2 Å². The van der Waals surface area contributed by atoms with Crippen LogP contribution in [0.4, 0.5) is 4.39 Å². The van der Waals surface area contributed by atoms with Crippen molar-refractivity contribution < 1.29 is 9.18 Å². The van der Waals surface area contributed by atoms with Crippen molar-refractivity contribution in [1.29, 1.82) is 0 Å². The molecule has 3 nitrogen and oxygen atoms in total. The minimum Gasteiger partial charge on any atom is -0.356 e. The number of unbranched alkanes of at least 4 members (excludes halogenated alkanes) is 3. The van der Waals surface area contributed by atoms with Crippen molar-refractivity contribution in [2.75, 3.05) is 13.1 Å². The lowest BCUT2D eigenvalue weighted by molar-refractivity contribution is -0.121. The second-order valence-corrected chi connectivity index (χ2v) is 5.66. The van der Waals surface area contributed by atoms with E-state index in [0.717, 1.165) is 37.8 Å². The summed E-state index contributed by atoms with van der Waals surface area (Å²) in [7, 11) is 0. The van der Waals surface area contributed by atoms with Gasteiger partial charge in [-0.3, -0.25) is 4.79 Å². The fourth-order valence-electron chi connectivity index (χ4n) is 1.91. The average molecular weight is 382 g/mol. The molecule has 21 heavy (non-hydrogen) atoms. The van der Waals surface area contributed by atoms with Crippen LogP contribution in [0.5, 0.6) is 0 Å². The first-order valence-corrected chi connectivity index (χ1v) is 7.83. The molecule has 3 N–H and O–H groups in total. The quantitative estimate of drug-likeness (QED) is 0.642. The molecular weight excluding hydrogens is 359 g/mol. The number of nitrogens with two attached hydrogens (primary N) is 1. The average Bonchev–Trinajstić information content (AvgIpc) is 2.42. The zero-order valence-corrected chi connectivity index (χ0v) is 14.4. The summed E-state index contributed by atoms with van der Waals surface area (Å²) in [5.41, 5.74) is 6.41. The van der Waals surface area contributed by atoms with Gasteiger partial charge >= 0.3 is 0 Å². The molecule has 0 fully saturated rings. The van der Waals surface area contributed by atoms with Crippen LogP contribution in [0.3, 0.4) is 0 Å². The molecule has 1 rings (SSSR count). The number of amides is 1. The monoisotopic (exact) mass is 380 g/mol. The molecule has 1 amide bonds. The van der Waals surface area contributed by atoms with Gasteiger partial charge < -0.3 is 11.1 Å². The smallest absolute Gasteiger partial charge is 0.220 e. The van der Waals surface area contributed by atoms with Crippen molar-refractivity contribution in [2.24, 2.45) is 5.73 Å². The van der Waals surface area contributed by atoms with Gasteiger partial charge in [-0.15, -0.1) is 12.4 Å². The van der Waals surface area contributed by atoms with E-state index in [4.69, 9.17) is 5.73 Å². The van der Waals surface area contributed by atoms with E-state index in [9.17, 15) is 9.18 Å². The molecule has 0 atom stereocenters. The van der Waals surface area contributed by atoms with Gasteiger partial charge in [0.05, 0.1) is 4.47 Å². The summed E-state index contributed by atoms with van der Waals surface area (Å²) in [6, 6.07) is 4.91. The fraction of sp³-hybridized carbons (Fsp3) is 0.533. The number of hydrogen-bond acceptors (Lipinski definition) is 2. The Bertz CT molecular complexity index is 432. The molecule has 0 unspecified atom stereocenters. The van der Waals surface area contributed by atoms with Crippen LogP contribution in [0.15, 0.2) is 22.7 Å². The number of nitrogens with one attached hydrogen (secondary N) is 1. The third-order valence-electron chi connectivity index (χ3n) is 3.08. The standard InChI is InChI=1S/C15H22BrFN2O.ClH/c16-13-11-12(6-7-14(13)17)8-10-19-15(20)5-3-1-2-4-9-18;/h6-7,11H,1-5,8-10,18H2,(H,19,20);1H. The number of hydrogen-bond donors (Lipinski definition) is 2. The SMILES string of the molecule is Cl.NCCCCCCC(=O)NCCc1ccc(F)c(Br)c1. The normalized spacial score (nSPS) is 10.0. The van der Waals surface area contributed by atoms with E-state index >= 15 is 0 Å². The predicted molar refractivity (Wildman–Crippen MR) is 90.2 cm³/mol. The number of carbonyl (C=O) groups excluding carboxylic acids is 1. The molecule has 6 heteroatoms. The Morgan fingerprint density at radius 1 is 1.24 bits per heavy atom.